The Morgan fingerprint density at radius 1 is 1.28 bits per heavy atom. The molecule has 0 aromatic heterocycles. The SMILES string of the molecule is CCOc1ccc(C2(O)CSC3=C(C#N)C(c4ccc(Cl)cc4)CC(=O)N32)cc1. The lowest BCUT2D eigenvalue weighted by atomic mass is 9.85. The first kappa shape index (κ1) is 19.8. The zero-order chi connectivity index (χ0) is 20.6. The van der Waals surface area contributed by atoms with Crippen molar-refractivity contribution in [3.05, 3.63) is 75.3 Å². The minimum atomic E-state index is -1.49. The first-order chi connectivity index (χ1) is 14.0. The summed E-state index contributed by atoms with van der Waals surface area (Å²) in [5.74, 6) is 0.416. The van der Waals surface area contributed by atoms with Gasteiger partial charge in [0.15, 0.2) is 5.72 Å². The van der Waals surface area contributed by atoms with Crippen LogP contribution in [0.5, 0.6) is 5.75 Å². The molecule has 2 aromatic carbocycles. The Morgan fingerprint density at radius 3 is 2.59 bits per heavy atom. The highest BCUT2D eigenvalue weighted by atomic mass is 35.5. The fourth-order valence-electron chi connectivity index (χ4n) is 3.80. The van der Waals surface area contributed by atoms with E-state index in [0.29, 0.717) is 33.5 Å². The van der Waals surface area contributed by atoms with Crippen LogP contribution in [0.3, 0.4) is 0 Å². The molecule has 0 saturated carbocycles. The number of carbonyl (C=O) groups excluding carboxylic acids is 1. The second-order valence-electron chi connectivity index (χ2n) is 6.93. The molecular formula is C22H19ClN2O3S. The van der Waals surface area contributed by atoms with E-state index in [-0.39, 0.29) is 24.0 Å². The monoisotopic (exact) mass is 426 g/mol. The molecule has 2 aliphatic rings. The average Bonchev–Trinajstić information content (AvgIpc) is 3.08. The molecule has 2 unspecified atom stereocenters. The third-order valence-corrected chi connectivity index (χ3v) is 6.69. The molecular weight excluding hydrogens is 408 g/mol. The number of ether oxygens (including phenoxy) is 1. The quantitative estimate of drug-likeness (QED) is 0.785. The lowest BCUT2D eigenvalue weighted by Crippen LogP contribution is -2.48. The van der Waals surface area contributed by atoms with Crippen LogP contribution < -0.4 is 4.74 Å². The highest BCUT2D eigenvalue weighted by Crippen LogP contribution is 2.51. The van der Waals surface area contributed by atoms with Gasteiger partial charge in [0.05, 0.1) is 29.0 Å². The number of rotatable bonds is 4. The number of fused-ring (bicyclic) bond motifs is 1. The van der Waals surface area contributed by atoms with E-state index in [4.69, 9.17) is 16.3 Å². The van der Waals surface area contributed by atoms with Crippen LogP contribution in [0, 0.1) is 11.3 Å². The minimum Gasteiger partial charge on any atom is -0.494 e. The zero-order valence-corrected chi connectivity index (χ0v) is 17.3. The van der Waals surface area contributed by atoms with E-state index in [1.807, 2.05) is 19.1 Å². The highest BCUT2D eigenvalue weighted by molar-refractivity contribution is 8.03. The molecule has 5 nitrogen and oxygen atoms in total. The van der Waals surface area contributed by atoms with E-state index in [1.54, 1.807) is 36.4 Å². The number of thioether (sulfide) groups is 1. The first-order valence-electron chi connectivity index (χ1n) is 9.29. The van der Waals surface area contributed by atoms with E-state index < -0.39 is 5.72 Å². The molecule has 0 aliphatic carbocycles. The van der Waals surface area contributed by atoms with Gasteiger partial charge in [0.2, 0.25) is 5.91 Å². The molecule has 29 heavy (non-hydrogen) atoms. The number of nitriles is 1. The summed E-state index contributed by atoms with van der Waals surface area (Å²) in [5.41, 5.74) is 0.468. The van der Waals surface area contributed by atoms with Gasteiger partial charge in [-0.1, -0.05) is 35.9 Å². The van der Waals surface area contributed by atoms with Gasteiger partial charge in [-0.25, -0.2) is 0 Å². The Balaban J connectivity index is 1.73. The summed E-state index contributed by atoms with van der Waals surface area (Å²) in [6, 6.07) is 16.5. The molecule has 0 bridgehead atoms. The van der Waals surface area contributed by atoms with E-state index in [2.05, 4.69) is 6.07 Å². The van der Waals surface area contributed by atoms with Crippen LogP contribution in [0.25, 0.3) is 0 Å². The fraction of sp³-hybridized carbons (Fsp3) is 0.273. The van der Waals surface area contributed by atoms with Gasteiger partial charge in [-0.15, -0.1) is 11.8 Å². The van der Waals surface area contributed by atoms with Crippen molar-refractivity contribution < 1.29 is 14.6 Å². The van der Waals surface area contributed by atoms with Crippen LogP contribution in [0.15, 0.2) is 59.1 Å². The Bertz CT molecular complexity index is 1010. The second kappa shape index (κ2) is 7.75. The zero-order valence-electron chi connectivity index (χ0n) is 15.8. The number of amides is 1. The van der Waals surface area contributed by atoms with Gasteiger partial charge in [0.25, 0.3) is 0 Å². The van der Waals surface area contributed by atoms with Gasteiger partial charge in [0.1, 0.15) is 5.75 Å². The summed E-state index contributed by atoms with van der Waals surface area (Å²) >= 11 is 7.31. The van der Waals surface area contributed by atoms with Crippen LogP contribution in [-0.4, -0.2) is 28.3 Å². The summed E-state index contributed by atoms with van der Waals surface area (Å²) in [6.45, 7) is 2.45. The van der Waals surface area contributed by atoms with Crippen LogP contribution in [0.4, 0.5) is 0 Å². The molecule has 1 fully saturated rings. The number of allylic oxidation sites excluding steroid dienone is 1. The first-order valence-corrected chi connectivity index (χ1v) is 10.7. The Hall–Kier alpha value is -2.46. The maximum absolute atomic E-state index is 13.1. The van der Waals surface area contributed by atoms with Crippen molar-refractivity contribution in [2.45, 2.75) is 25.0 Å². The number of nitrogens with zero attached hydrogens (tertiary/aromatic N) is 2. The molecule has 1 amide bonds. The maximum atomic E-state index is 13.1. The van der Waals surface area contributed by atoms with Gasteiger partial charge < -0.3 is 9.84 Å². The van der Waals surface area contributed by atoms with Crippen LogP contribution in [0.2, 0.25) is 5.02 Å². The molecule has 148 valence electrons. The summed E-state index contributed by atoms with van der Waals surface area (Å²) in [4.78, 5) is 14.5. The summed E-state index contributed by atoms with van der Waals surface area (Å²) in [6.07, 6.45) is 0.119. The topological polar surface area (TPSA) is 73.6 Å². The third-order valence-electron chi connectivity index (χ3n) is 5.21. The molecule has 4 rings (SSSR count). The average molecular weight is 427 g/mol. The van der Waals surface area contributed by atoms with Crippen molar-refractivity contribution in [3.63, 3.8) is 0 Å². The van der Waals surface area contributed by atoms with E-state index in [1.165, 1.54) is 16.7 Å². The van der Waals surface area contributed by atoms with E-state index in [0.717, 1.165) is 5.56 Å². The molecule has 1 N–H and O–H groups in total. The van der Waals surface area contributed by atoms with Gasteiger partial charge in [0, 0.05) is 22.9 Å². The Labute approximate surface area is 178 Å². The molecule has 2 atom stereocenters. The fourth-order valence-corrected chi connectivity index (χ4v) is 5.29. The van der Waals surface area contributed by atoms with E-state index in [9.17, 15) is 15.2 Å². The van der Waals surface area contributed by atoms with Crippen molar-refractivity contribution >= 4 is 29.3 Å². The lowest BCUT2D eigenvalue weighted by Gasteiger charge is -2.38. The number of hydrogen-bond donors (Lipinski definition) is 1. The summed E-state index contributed by atoms with van der Waals surface area (Å²) < 4.78 is 5.46. The number of carbonyl (C=O) groups is 1. The normalized spacial score (nSPS) is 23.7. The molecule has 7 heteroatoms. The highest BCUT2D eigenvalue weighted by Gasteiger charge is 2.51. The van der Waals surface area contributed by atoms with Crippen molar-refractivity contribution in [2.24, 2.45) is 0 Å². The molecule has 2 aromatic rings. The summed E-state index contributed by atoms with van der Waals surface area (Å²) in [7, 11) is 0. The van der Waals surface area contributed by atoms with Gasteiger partial charge in [-0.3, -0.25) is 9.69 Å². The van der Waals surface area contributed by atoms with Crippen LogP contribution in [-0.2, 0) is 10.5 Å². The number of benzene rings is 2. The molecule has 0 radical (unpaired) electrons. The Kier molecular flexibility index (Phi) is 5.30. The van der Waals surface area contributed by atoms with Crippen molar-refractivity contribution in [1.29, 1.82) is 5.26 Å². The minimum absolute atomic E-state index is 0.119. The predicted molar refractivity (Wildman–Crippen MR) is 112 cm³/mol. The Morgan fingerprint density at radius 2 is 1.97 bits per heavy atom. The number of halogens is 1. The number of hydrogen-bond acceptors (Lipinski definition) is 5. The molecule has 2 heterocycles. The van der Waals surface area contributed by atoms with Crippen molar-refractivity contribution in [3.8, 4) is 11.8 Å². The number of aliphatic hydroxyl groups is 1. The smallest absolute Gasteiger partial charge is 0.231 e. The third kappa shape index (κ3) is 3.40. The van der Waals surface area contributed by atoms with Crippen molar-refractivity contribution in [2.75, 3.05) is 12.4 Å². The lowest BCUT2D eigenvalue weighted by molar-refractivity contribution is -0.149. The maximum Gasteiger partial charge on any atom is 0.231 e. The predicted octanol–water partition coefficient (Wildman–Crippen LogP) is 4.38. The largest absolute Gasteiger partial charge is 0.494 e. The van der Waals surface area contributed by atoms with Crippen molar-refractivity contribution in [1.82, 2.24) is 4.90 Å². The second-order valence-corrected chi connectivity index (χ2v) is 8.33. The van der Waals surface area contributed by atoms with Gasteiger partial charge >= 0.3 is 0 Å². The van der Waals surface area contributed by atoms with Crippen LogP contribution in [0.1, 0.15) is 30.4 Å². The molecule has 0 spiro atoms. The van der Waals surface area contributed by atoms with Gasteiger partial charge in [-0.05, 0) is 36.8 Å². The van der Waals surface area contributed by atoms with Crippen LogP contribution >= 0.6 is 23.4 Å². The standard InChI is InChI=1S/C22H19ClN2O3S/c1-2-28-17-9-5-15(6-10-17)22(27)13-29-21-19(12-24)18(11-20(26)25(21)22)14-3-7-16(23)8-4-14/h3-10,18,27H,2,11,13H2,1H3. The molecule has 2 aliphatic heterocycles. The van der Waals surface area contributed by atoms with E-state index >= 15 is 0 Å². The molecule has 1 saturated heterocycles. The summed E-state index contributed by atoms with van der Waals surface area (Å²) in [5, 5.41) is 22.4. The van der Waals surface area contributed by atoms with Gasteiger partial charge in [-0.2, -0.15) is 5.26 Å².